The largest absolute Gasteiger partial charge is 0.392 e. The standard InChI is InChI=1S/C18H32N4O2/c1-13(2)16(23)18(3,4)12-19-17(24)21-14-8-5-6-9-15(14)22-11-7-10-20-22/h7,10-11,13-16,23H,5-6,8-9,12H2,1-4H3,(H2,19,21,24). The van der Waals surface area contributed by atoms with Crippen LogP contribution in [-0.4, -0.2) is 39.6 Å². The highest BCUT2D eigenvalue weighted by atomic mass is 16.3. The molecule has 1 aliphatic rings. The van der Waals surface area contributed by atoms with E-state index >= 15 is 0 Å². The van der Waals surface area contributed by atoms with Gasteiger partial charge in [0.25, 0.3) is 0 Å². The van der Waals surface area contributed by atoms with Crippen molar-refractivity contribution in [1.82, 2.24) is 20.4 Å². The summed E-state index contributed by atoms with van der Waals surface area (Å²) < 4.78 is 1.95. The van der Waals surface area contributed by atoms with Gasteiger partial charge in [-0.05, 0) is 24.8 Å². The van der Waals surface area contributed by atoms with E-state index in [-0.39, 0.29) is 29.4 Å². The molecular weight excluding hydrogens is 304 g/mol. The van der Waals surface area contributed by atoms with Gasteiger partial charge < -0.3 is 15.7 Å². The fourth-order valence-corrected chi connectivity index (χ4v) is 3.61. The minimum atomic E-state index is -0.454. The lowest BCUT2D eigenvalue weighted by Crippen LogP contribution is -2.51. The normalized spacial score (nSPS) is 23.1. The molecule has 6 nitrogen and oxygen atoms in total. The molecule has 136 valence electrons. The SMILES string of the molecule is CC(C)C(O)C(C)(C)CNC(=O)NC1CCCCC1n1cccn1. The van der Waals surface area contributed by atoms with Gasteiger partial charge >= 0.3 is 6.03 Å². The van der Waals surface area contributed by atoms with Crippen LogP contribution in [0.25, 0.3) is 0 Å². The van der Waals surface area contributed by atoms with E-state index < -0.39 is 6.10 Å². The number of nitrogens with one attached hydrogen (secondary N) is 2. The zero-order valence-corrected chi connectivity index (χ0v) is 15.3. The Bertz CT molecular complexity index is 513. The van der Waals surface area contributed by atoms with Crippen molar-refractivity contribution in [3.63, 3.8) is 0 Å². The van der Waals surface area contributed by atoms with Gasteiger partial charge in [0.05, 0.1) is 18.2 Å². The van der Waals surface area contributed by atoms with Crippen LogP contribution in [0.15, 0.2) is 18.5 Å². The number of aromatic nitrogens is 2. The molecule has 0 aliphatic heterocycles. The van der Waals surface area contributed by atoms with Gasteiger partial charge in [-0.1, -0.05) is 40.5 Å². The second kappa shape index (κ2) is 8.01. The summed E-state index contributed by atoms with van der Waals surface area (Å²) in [5.41, 5.74) is -0.362. The summed E-state index contributed by atoms with van der Waals surface area (Å²) in [4.78, 5) is 12.3. The van der Waals surface area contributed by atoms with Gasteiger partial charge in [0.15, 0.2) is 0 Å². The number of carbonyl (C=O) groups is 1. The van der Waals surface area contributed by atoms with Crippen LogP contribution in [-0.2, 0) is 0 Å². The predicted octanol–water partition coefficient (Wildman–Crippen LogP) is 2.71. The molecule has 6 heteroatoms. The Balaban J connectivity index is 1.89. The number of urea groups is 1. The molecule has 1 saturated carbocycles. The van der Waals surface area contributed by atoms with Gasteiger partial charge in [0, 0.05) is 24.4 Å². The molecule has 3 atom stereocenters. The maximum Gasteiger partial charge on any atom is 0.315 e. The molecule has 1 aromatic heterocycles. The third-order valence-electron chi connectivity index (χ3n) is 5.05. The first-order valence-electron chi connectivity index (χ1n) is 9.03. The average molecular weight is 336 g/mol. The van der Waals surface area contributed by atoms with E-state index in [2.05, 4.69) is 15.7 Å². The van der Waals surface area contributed by atoms with Crippen molar-refractivity contribution >= 4 is 6.03 Å². The molecule has 0 aromatic carbocycles. The summed E-state index contributed by atoms with van der Waals surface area (Å²) in [6.45, 7) is 8.37. The minimum absolute atomic E-state index is 0.0942. The molecular formula is C18H32N4O2. The van der Waals surface area contributed by atoms with Crippen molar-refractivity contribution in [2.75, 3.05) is 6.54 Å². The molecule has 1 aromatic rings. The van der Waals surface area contributed by atoms with Crippen LogP contribution < -0.4 is 10.6 Å². The van der Waals surface area contributed by atoms with Crippen LogP contribution in [0.5, 0.6) is 0 Å². The summed E-state index contributed by atoms with van der Waals surface area (Å²) in [6, 6.07) is 2.07. The number of amides is 2. The highest BCUT2D eigenvalue weighted by Gasteiger charge is 2.32. The van der Waals surface area contributed by atoms with Crippen LogP contribution in [0.2, 0.25) is 0 Å². The lowest BCUT2D eigenvalue weighted by atomic mass is 9.81. The first-order chi connectivity index (χ1) is 11.3. The highest BCUT2D eigenvalue weighted by molar-refractivity contribution is 5.74. The summed E-state index contributed by atoms with van der Waals surface area (Å²) in [7, 11) is 0. The minimum Gasteiger partial charge on any atom is -0.392 e. The Morgan fingerprint density at radius 3 is 2.71 bits per heavy atom. The molecule has 0 saturated heterocycles. The summed E-state index contributed by atoms with van der Waals surface area (Å²) in [5.74, 6) is 0.160. The van der Waals surface area contributed by atoms with Gasteiger partial charge in [0.1, 0.15) is 0 Å². The van der Waals surface area contributed by atoms with Crippen LogP contribution in [0.4, 0.5) is 4.79 Å². The van der Waals surface area contributed by atoms with Crippen LogP contribution >= 0.6 is 0 Å². The second-order valence-corrected chi connectivity index (χ2v) is 7.95. The zero-order chi connectivity index (χ0) is 17.7. The van der Waals surface area contributed by atoms with Gasteiger partial charge in [-0.25, -0.2) is 4.79 Å². The molecule has 3 N–H and O–H groups in total. The Hall–Kier alpha value is -1.56. The Morgan fingerprint density at radius 1 is 1.38 bits per heavy atom. The van der Waals surface area contributed by atoms with Crippen molar-refractivity contribution < 1.29 is 9.90 Å². The Morgan fingerprint density at radius 2 is 2.08 bits per heavy atom. The van der Waals surface area contributed by atoms with E-state index in [1.807, 2.05) is 44.6 Å². The number of aliphatic hydroxyl groups is 1. The first-order valence-corrected chi connectivity index (χ1v) is 9.03. The van der Waals surface area contributed by atoms with E-state index in [1.165, 1.54) is 0 Å². The number of nitrogens with zero attached hydrogens (tertiary/aromatic N) is 2. The van der Waals surface area contributed by atoms with E-state index in [9.17, 15) is 9.90 Å². The lowest BCUT2D eigenvalue weighted by Gasteiger charge is -2.35. The van der Waals surface area contributed by atoms with Gasteiger partial charge in [0.2, 0.25) is 0 Å². The van der Waals surface area contributed by atoms with Crippen molar-refractivity contribution in [2.45, 2.75) is 71.6 Å². The Labute approximate surface area is 145 Å². The Kier molecular flexibility index (Phi) is 6.27. The maximum atomic E-state index is 12.3. The van der Waals surface area contributed by atoms with E-state index in [0.717, 1.165) is 25.7 Å². The van der Waals surface area contributed by atoms with E-state index in [1.54, 1.807) is 6.20 Å². The van der Waals surface area contributed by atoms with Crippen molar-refractivity contribution in [3.05, 3.63) is 18.5 Å². The topological polar surface area (TPSA) is 79.2 Å². The second-order valence-electron chi connectivity index (χ2n) is 7.95. The molecule has 1 fully saturated rings. The van der Waals surface area contributed by atoms with E-state index in [4.69, 9.17) is 0 Å². The quantitative estimate of drug-likeness (QED) is 0.747. The molecule has 0 spiro atoms. The van der Waals surface area contributed by atoms with Gasteiger partial charge in [-0.3, -0.25) is 4.68 Å². The van der Waals surface area contributed by atoms with Crippen LogP contribution in [0, 0.1) is 11.3 Å². The monoisotopic (exact) mass is 336 g/mol. The van der Waals surface area contributed by atoms with Gasteiger partial charge in [-0.15, -0.1) is 0 Å². The molecule has 1 aliphatic carbocycles. The smallest absolute Gasteiger partial charge is 0.315 e. The average Bonchev–Trinajstić information content (AvgIpc) is 3.07. The molecule has 2 amide bonds. The van der Waals surface area contributed by atoms with Gasteiger partial charge in [-0.2, -0.15) is 5.10 Å². The third-order valence-corrected chi connectivity index (χ3v) is 5.05. The third kappa shape index (κ3) is 4.72. The van der Waals surface area contributed by atoms with Crippen LogP contribution in [0.3, 0.4) is 0 Å². The number of rotatable bonds is 6. The van der Waals surface area contributed by atoms with Crippen molar-refractivity contribution in [2.24, 2.45) is 11.3 Å². The molecule has 0 bridgehead atoms. The number of hydrogen-bond donors (Lipinski definition) is 3. The number of aliphatic hydroxyl groups excluding tert-OH is 1. The summed E-state index contributed by atoms with van der Waals surface area (Å²) in [5, 5.41) is 20.6. The number of carbonyl (C=O) groups excluding carboxylic acids is 1. The zero-order valence-electron chi connectivity index (χ0n) is 15.3. The molecule has 24 heavy (non-hydrogen) atoms. The van der Waals surface area contributed by atoms with E-state index in [0.29, 0.717) is 6.54 Å². The van der Waals surface area contributed by atoms with Crippen molar-refractivity contribution in [3.8, 4) is 0 Å². The molecule has 1 heterocycles. The summed E-state index contributed by atoms with van der Waals surface area (Å²) in [6.07, 6.45) is 7.58. The molecule has 2 rings (SSSR count). The number of hydrogen-bond acceptors (Lipinski definition) is 3. The maximum absolute atomic E-state index is 12.3. The fraction of sp³-hybridized carbons (Fsp3) is 0.778. The predicted molar refractivity (Wildman–Crippen MR) is 94.7 cm³/mol. The molecule has 3 unspecified atom stereocenters. The molecule has 0 radical (unpaired) electrons. The van der Waals surface area contributed by atoms with Crippen molar-refractivity contribution in [1.29, 1.82) is 0 Å². The lowest BCUT2D eigenvalue weighted by molar-refractivity contribution is 0.0150. The highest BCUT2D eigenvalue weighted by Crippen LogP contribution is 2.28. The summed E-state index contributed by atoms with van der Waals surface area (Å²) >= 11 is 0. The fourth-order valence-electron chi connectivity index (χ4n) is 3.61. The van der Waals surface area contributed by atoms with Crippen LogP contribution in [0.1, 0.15) is 59.4 Å². The first kappa shape index (κ1) is 18.8.